The van der Waals surface area contributed by atoms with Crippen LogP contribution in [-0.2, 0) is 9.47 Å². The van der Waals surface area contributed by atoms with Crippen molar-refractivity contribution in [2.75, 3.05) is 6.61 Å². The molecule has 17 heavy (non-hydrogen) atoms. The SMILES string of the molecule is C=Cc1ccccc1C(=O)OC1CCCCO1. The van der Waals surface area contributed by atoms with E-state index in [1.807, 2.05) is 18.2 Å². The smallest absolute Gasteiger partial charge is 0.341 e. The summed E-state index contributed by atoms with van der Waals surface area (Å²) in [7, 11) is 0. The Morgan fingerprint density at radius 1 is 1.41 bits per heavy atom. The van der Waals surface area contributed by atoms with Crippen molar-refractivity contribution in [2.24, 2.45) is 0 Å². The first kappa shape index (κ1) is 11.9. The van der Waals surface area contributed by atoms with E-state index in [-0.39, 0.29) is 5.97 Å². The van der Waals surface area contributed by atoms with Crippen LogP contribution in [0.25, 0.3) is 6.08 Å². The van der Waals surface area contributed by atoms with E-state index in [2.05, 4.69) is 6.58 Å². The minimum atomic E-state index is -0.394. The van der Waals surface area contributed by atoms with Gasteiger partial charge in [-0.3, -0.25) is 0 Å². The van der Waals surface area contributed by atoms with Crippen molar-refractivity contribution in [2.45, 2.75) is 25.6 Å². The largest absolute Gasteiger partial charge is 0.432 e. The highest BCUT2D eigenvalue weighted by atomic mass is 16.7. The number of carbonyl (C=O) groups is 1. The van der Waals surface area contributed by atoms with Gasteiger partial charge in [-0.25, -0.2) is 4.79 Å². The zero-order chi connectivity index (χ0) is 12.1. The monoisotopic (exact) mass is 232 g/mol. The predicted octanol–water partition coefficient (Wildman–Crippen LogP) is 3.01. The Balaban J connectivity index is 2.05. The Morgan fingerprint density at radius 2 is 2.24 bits per heavy atom. The van der Waals surface area contributed by atoms with E-state index in [0.29, 0.717) is 12.2 Å². The molecule has 1 aromatic rings. The van der Waals surface area contributed by atoms with E-state index >= 15 is 0 Å². The summed E-state index contributed by atoms with van der Waals surface area (Å²) in [6, 6.07) is 7.25. The lowest BCUT2D eigenvalue weighted by Gasteiger charge is -2.22. The van der Waals surface area contributed by atoms with E-state index < -0.39 is 6.29 Å². The Kier molecular flexibility index (Phi) is 3.94. The number of carbonyl (C=O) groups excluding carboxylic acids is 1. The molecule has 2 rings (SSSR count). The molecule has 90 valence electrons. The number of rotatable bonds is 3. The van der Waals surface area contributed by atoms with Crippen LogP contribution >= 0.6 is 0 Å². The van der Waals surface area contributed by atoms with E-state index in [4.69, 9.17) is 9.47 Å². The molecule has 3 nitrogen and oxygen atoms in total. The highest BCUT2D eigenvalue weighted by Gasteiger charge is 2.20. The van der Waals surface area contributed by atoms with Crippen LogP contribution in [0.3, 0.4) is 0 Å². The van der Waals surface area contributed by atoms with E-state index in [0.717, 1.165) is 24.8 Å². The normalized spacial score (nSPS) is 19.6. The van der Waals surface area contributed by atoms with Gasteiger partial charge in [0.15, 0.2) is 0 Å². The predicted molar refractivity (Wildman–Crippen MR) is 65.5 cm³/mol. The van der Waals surface area contributed by atoms with E-state index in [9.17, 15) is 4.79 Å². The maximum atomic E-state index is 11.9. The molecule has 0 aromatic heterocycles. The molecule has 1 fully saturated rings. The quantitative estimate of drug-likeness (QED) is 0.751. The first-order valence-electron chi connectivity index (χ1n) is 5.85. The third-order valence-electron chi connectivity index (χ3n) is 2.78. The highest BCUT2D eigenvalue weighted by Crippen LogP contribution is 2.17. The van der Waals surface area contributed by atoms with Crippen LogP contribution in [0.4, 0.5) is 0 Å². The van der Waals surface area contributed by atoms with Crippen LogP contribution in [0.1, 0.15) is 35.2 Å². The lowest BCUT2D eigenvalue weighted by Crippen LogP contribution is -2.25. The van der Waals surface area contributed by atoms with Gasteiger partial charge in [0.25, 0.3) is 0 Å². The first-order chi connectivity index (χ1) is 8.31. The first-order valence-corrected chi connectivity index (χ1v) is 5.85. The molecular formula is C14H16O3. The van der Waals surface area contributed by atoms with Gasteiger partial charge in [0.2, 0.25) is 6.29 Å². The Labute approximate surface area is 101 Å². The molecule has 3 heteroatoms. The van der Waals surface area contributed by atoms with E-state index in [1.54, 1.807) is 12.1 Å². The van der Waals surface area contributed by atoms with Gasteiger partial charge in [-0.15, -0.1) is 0 Å². The number of hydrogen-bond donors (Lipinski definition) is 0. The average Bonchev–Trinajstić information content (AvgIpc) is 2.40. The summed E-state index contributed by atoms with van der Waals surface area (Å²) in [5.74, 6) is -0.340. The standard InChI is InChI=1S/C14H16O3/c1-2-11-7-3-4-8-12(11)14(15)17-13-9-5-6-10-16-13/h2-4,7-8,13H,1,5-6,9-10H2. The highest BCUT2D eigenvalue weighted by molar-refractivity contribution is 5.93. The van der Waals surface area contributed by atoms with Crippen molar-refractivity contribution in [1.29, 1.82) is 0 Å². The Hall–Kier alpha value is -1.61. The average molecular weight is 232 g/mol. The summed E-state index contributed by atoms with van der Waals surface area (Å²) in [5, 5.41) is 0. The van der Waals surface area contributed by atoms with Gasteiger partial charge in [-0.2, -0.15) is 0 Å². The second-order valence-electron chi connectivity index (χ2n) is 3.99. The Morgan fingerprint density at radius 3 is 2.94 bits per heavy atom. The van der Waals surface area contributed by atoms with Crippen molar-refractivity contribution in [3.63, 3.8) is 0 Å². The van der Waals surface area contributed by atoms with Gasteiger partial charge in [0, 0.05) is 6.42 Å². The third-order valence-corrected chi connectivity index (χ3v) is 2.78. The fraction of sp³-hybridized carbons (Fsp3) is 0.357. The maximum Gasteiger partial charge on any atom is 0.341 e. The molecular weight excluding hydrogens is 216 g/mol. The zero-order valence-corrected chi connectivity index (χ0v) is 9.72. The van der Waals surface area contributed by atoms with Crippen LogP contribution in [0.2, 0.25) is 0 Å². The molecule has 1 aliphatic heterocycles. The van der Waals surface area contributed by atoms with Gasteiger partial charge < -0.3 is 9.47 Å². The van der Waals surface area contributed by atoms with Crippen LogP contribution in [0.15, 0.2) is 30.8 Å². The summed E-state index contributed by atoms with van der Waals surface area (Å²) in [4.78, 5) is 11.9. The molecule has 0 bridgehead atoms. The van der Waals surface area contributed by atoms with Crippen LogP contribution in [0, 0.1) is 0 Å². The minimum Gasteiger partial charge on any atom is -0.432 e. The molecule has 1 aromatic carbocycles. The summed E-state index contributed by atoms with van der Waals surface area (Å²) in [5.41, 5.74) is 1.32. The fourth-order valence-corrected chi connectivity index (χ4v) is 1.85. The van der Waals surface area contributed by atoms with E-state index in [1.165, 1.54) is 0 Å². The summed E-state index contributed by atoms with van der Waals surface area (Å²) in [6.07, 6.45) is 4.12. The lowest BCUT2D eigenvalue weighted by atomic mass is 10.1. The molecule has 0 saturated carbocycles. The number of benzene rings is 1. The number of ether oxygens (including phenoxy) is 2. The molecule has 0 amide bonds. The van der Waals surface area contributed by atoms with Crippen molar-refractivity contribution in [3.05, 3.63) is 42.0 Å². The Bertz CT molecular complexity index is 406. The second kappa shape index (κ2) is 5.64. The molecule has 0 radical (unpaired) electrons. The molecule has 1 unspecified atom stereocenters. The lowest BCUT2D eigenvalue weighted by molar-refractivity contribution is -0.131. The molecule has 1 saturated heterocycles. The zero-order valence-electron chi connectivity index (χ0n) is 9.72. The second-order valence-corrected chi connectivity index (χ2v) is 3.99. The topological polar surface area (TPSA) is 35.5 Å². The van der Waals surface area contributed by atoms with Gasteiger partial charge in [-0.05, 0) is 24.5 Å². The van der Waals surface area contributed by atoms with Crippen molar-refractivity contribution in [3.8, 4) is 0 Å². The molecule has 0 N–H and O–H groups in total. The third kappa shape index (κ3) is 2.94. The molecule has 1 heterocycles. The van der Waals surface area contributed by atoms with Crippen molar-refractivity contribution in [1.82, 2.24) is 0 Å². The maximum absolute atomic E-state index is 11.9. The summed E-state index contributed by atoms with van der Waals surface area (Å²) in [6.45, 7) is 4.35. The van der Waals surface area contributed by atoms with Gasteiger partial charge in [0.1, 0.15) is 0 Å². The summed E-state index contributed by atoms with van der Waals surface area (Å²) >= 11 is 0. The van der Waals surface area contributed by atoms with Crippen molar-refractivity contribution < 1.29 is 14.3 Å². The summed E-state index contributed by atoms with van der Waals surface area (Å²) < 4.78 is 10.7. The number of esters is 1. The van der Waals surface area contributed by atoms with Gasteiger partial charge in [-0.1, -0.05) is 30.9 Å². The minimum absolute atomic E-state index is 0.340. The molecule has 0 spiro atoms. The van der Waals surface area contributed by atoms with Crippen LogP contribution in [0.5, 0.6) is 0 Å². The van der Waals surface area contributed by atoms with Crippen molar-refractivity contribution >= 4 is 12.0 Å². The van der Waals surface area contributed by atoms with Crippen LogP contribution in [-0.4, -0.2) is 18.9 Å². The fourth-order valence-electron chi connectivity index (χ4n) is 1.85. The van der Waals surface area contributed by atoms with Crippen LogP contribution < -0.4 is 0 Å². The molecule has 1 aliphatic rings. The molecule has 1 atom stereocenters. The number of hydrogen-bond acceptors (Lipinski definition) is 3. The molecule has 0 aliphatic carbocycles. The van der Waals surface area contributed by atoms with Gasteiger partial charge >= 0.3 is 5.97 Å². The van der Waals surface area contributed by atoms with Gasteiger partial charge in [0.05, 0.1) is 12.2 Å².